The molecule has 3 aromatic carbocycles. The molecule has 3 rings (SSSR count). The van der Waals surface area contributed by atoms with E-state index in [0.29, 0.717) is 11.3 Å². The van der Waals surface area contributed by atoms with Crippen molar-refractivity contribution in [3.63, 3.8) is 0 Å². The van der Waals surface area contributed by atoms with Crippen molar-refractivity contribution in [1.82, 2.24) is 5.43 Å². The molecule has 0 bridgehead atoms. The first-order valence-electron chi connectivity index (χ1n) is 9.35. The molecule has 1 N–H and O–H groups in total. The van der Waals surface area contributed by atoms with E-state index in [2.05, 4.69) is 10.5 Å². The van der Waals surface area contributed by atoms with Crippen LogP contribution < -0.4 is 9.73 Å². The molecule has 0 heterocycles. The second-order valence-corrected chi connectivity index (χ2v) is 8.82. The van der Waals surface area contributed by atoms with Crippen molar-refractivity contribution in [2.24, 2.45) is 5.10 Å². The van der Waals surface area contributed by atoms with Crippen LogP contribution in [0.25, 0.3) is 0 Å². The van der Waals surface area contributed by atoms with Gasteiger partial charge in [0.05, 0.1) is 24.7 Å². The van der Waals surface area contributed by atoms with Gasteiger partial charge in [-0.1, -0.05) is 60.2 Å². The summed E-state index contributed by atoms with van der Waals surface area (Å²) in [6.45, 7) is 2.16. The monoisotopic (exact) mass is 421 g/mol. The Labute approximate surface area is 176 Å². The quantitative estimate of drug-likeness (QED) is 0.466. The van der Waals surface area contributed by atoms with Gasteiger partial charge in [-0.05, 0) is 42.3 Å². The number of aryl methyl sites for hydroxylation is 1. The minimum Gasteiger partial charge on any atom is -0.267 e. The lowest BCUT2D eigenvalue weighted by Crippen LogP contribution is -2.29. The van der Waals surface area contributed by atoms with E-state index in [-0.39, 0.29) is 12.5 Å². The highest BCUT2D eigenvalue weighted by Crippen LogP contribution is 2.20. The smallest absolute Gasteiger partial charge is 0.267 e. The number of sulfonamides is 1. The summed E-state index contributed by atoms with van der Waals surface area (Å²) >= 11 is 0. The van der Waals surface area contributed by atoms with Crippen LogP contribution in [0.1, 0.15) is 27.0 Å². The number of amides is 1. The number of para-hydroxylation sites is 1. The third kappa shape index (κ3) is 5.78. The largest absolute Gasteiger partial charge is 0.271 e. The molecule has 0 fully saturated rings. The molecule has 154 valence electrons. The van der Waals surface area contributed by atoms with Crippen LogP contribution in [0.4, 0.5) is 5.69 Å². The Morgan fingerprint density at radius 2 is 1.70 bits per heavy atom. The number of carbonyl (C=O) groups excluding carboxylic acids is 1. The highest BCUT2D eigenvalue weighted by atomic mass is 32.2. The van der Waals surface area contributed by atoms with E-state index in [9.17, 15) is 13.2 Å². The predicted octanol–water partition coefficient (Wildman–Crippen LogP) is 3.73. The van der Waals surface area contributed by atoms with Crippen LogP contribution in [0.3, 0.4) is 0 Å². The SMILES string of the molecule is Cc1cccc(/C=N/NC(=O)c2ccc(CN(c3ccccc3)S(C)(=O)=O)cc2)c1. The molecule has 0 unspecified atom stereocenters. The Kier molecular flexibility index (Phi) is 6.64. The van der Waals surface area contributed by atoms with Gasteiger partial charge in [0.15, 0.2) is 0 Å². The average Bonchev–Trinajstić information content (AvgIpc) is 2.72. The van der Waals surface area contributed by atoms with Gasteiger partial charge in [0.25, 0.3) is 5.91 Å². The molecule has 7 heteroatoms. The zero-order chi connectivity index (χ0) is 21.6. The molecule has 0 aliphatic heterocycles. The third-order valence-electron chi connectivity index (χ3n) is 4.41. The minimum atomic E-state index is -3.45. The number of nitrogens with one attached hydrogen (secondary N) is 1. The molecular weight excluding hydrogens is 398 g/mol. The second-order valence-electron chi connectivity index (χ2n) is 6.92. The number of hydrogen-bond acceptors (Lipinski definition) is 4. The molecule has 0 atom stereocenters. The fourth-order valence-electron chi connectivity index (χ4n) is 2.90. The van der Waals surface area contributed by atoms with Crippen LogP contribution in [0.15, 0.2) is 84.0 Å². The van der Waals surface area contributed by atoms with Crippen molar-refractivity contribution in [2.75, 3.05) is 10.6 Å². The van der Waals surface area contributed by atoms with Gasteiger partial charge in [0.1, 0.15) is 0 Å². The molecule has 3 aromatic rings. The summed E-state index contributed by atoms with van der Waals surface area (Å²) in [6.07, 6.45) is 2.76. The average molecular weight is 422 g/mol. The first-order chi connectivity index (χ1) is 14.3. The lowest BCUT2D eigenvalue weighted by molar-refractivity contribution is 0.0955. The van der Waals surface area contributed by atoms with Gasteiger partial charge >= 0.3 is 0 Å². The highest BCUT2D eigenvalue weighted by Gasteiger charge is 2.17. The fraction of sp³-hybridized carbons (Fsp3) is 0.130. The van der Waals surface area contributed by atoms with E-state index in [1.54, 1.807) is 54.7 Å². The third-order valence-corrected chi connectivity index (χ3v) is 5.55. The topological polar surface area (TPSA) is 78.8 Å². The molecule has 30 heavy (non-hydrogen) atoms. The van der Waals surface area contributed by atoms with E-state index >= 15 is 0 Å². The lowest BCUT2D eigenvalue weighted by atomic mass is 10.1. The Bertz CT molecular complexity index is 1140. The highest BCUT2D eigenvalue weighted by molar-refractivity contribution is 7.92. The van der Waals surface area contributed by atoms with Gasteiger partial charge in [-0.2, -0.15) is 5.10 Å². The van der Waals surface area contributed by atoms with Crippen molar-refractivity contribution in [3.05, 3.63) is 101 Å². The van der Waals surface area contributed by atoms with Crippen LogP contribution >= 0.6 is 0 Å². The number of rotatable bonds is 7. The van der Waals surface area contributed by atoms with E-state index in [0.717, 1.165) is 16.7 Å². The van der Waals surface area contributed by atoms with Gasteiger partial charge in [0.2, 0.25) is 10.0 Å². The maximum Gasteiger partial charge on any atom is 0.271 e. The molecule has 6 nitrogen and oxygen atoms in total. The van der Waals surface area contributed by atoms with Crippen LogP contribution in [0.5, 0.6) is 0 Å². The van der Waals surface area contributed by atoms with Crippen molar-refractivity contribution in [3.8, 4) is 0 Å². The van der Waals surface area contributed by atoms with Gasteiger partial charge in [-0.25, -0.2) is 13.8 Å². The Morgan fingerprint density at radius 3 is 2.33 bits per heavy atom. The number of anilines is 1. The number of hydrogen-bond donors (Lipinski definition) is 1. The first kappa shape index (κ1) is 21.3. The number of benzene rings is 3. The summed E-state index contributed by atoms with van der Waals surface area (Å²) in [5.41, 5.74) is 6.30. The maximum absolute atomic E-state index is 12.3. The van der Waals surface area contributed by atoms with E-state index in [1.807, 2.05) is 37.3 Å². The summed E-state index contributed by atoms with van der Waals surface area (Å²) in [6, 6.07) is 23.5. The number of carbonyl (C=O) groups is 1. The summed E-state index contributed by atoms with van der Waals surface area (Å²) in [7, 11) is -3.45. The van der Waals surface area contributed by atoms with Gasteiger partial charge < -0.3 is 0 Å². The molecule has 0 saturated carbocycles. The zero-order valence-electron chi connectivity index (χ0n) is 16.8. The van der Waals surface area contributed by atoms with E-state index in [4.69, 9.17) is 0 Å². The normalized spacial score (nSPS) is 11.4. The number of nitrogens with zero attached hydrogens (tertiary/aromatic N) is 2. The Hall–Kier alpha value is -3.45. The molecule has 0 radical (unpaired) electrons. The van der Waals surface area contributed by atoms with Crippen molar-refractivity contribution in [1.29, 1.82) is 0 Å². The fourth-order valence-corrected chi connectivity index (χ4v) is 3.79. The maximum atomic E-state index is 12.3. The van der Waals surface area contributed by atoms with Crippen LogP contribution in [0.2, 0.25) is 0 Å². The van der Waals surface area contributed by atoms with Gasteiger partial charge in [-0.15, -0.1) is 0 Å². The van der Waals surface area contributed by atoms with Crippen molar-refractivity contribution < 1.29 is 13.2 Å². The van der Waals surface area contributed by atoms with Crippen LogP contribution in [0, 0.1) is 6.92 Å². The molecule has 0 aromatic heterocycles. The Balaban J connectivity index is 1.67. The standard InChI is InChI=1S/C23H23N3O3S/c1-18-7-6-8-20(15-18)16-24-25-23(27)21-13-11-19(12-14-21)17-26(30(2,28)29)22-9-4-3-5-10-22/h3-16H,17H2,1-2H3,(H,25,27)/b24-16+. The molecule has 0 spiro atoms. The van der Waals surface area contributed by atoms with Crippen molar-refractivity contribution in [2.45, 2.75) is 13.5 Å². The summed E-state index contributed by atoms with van der Waals surface area (Å²) in [5.74, 6) is -0.339. The predicted molar refractivity (Wildman–Crippen MR) is 120 cm³/mol. The first-order valence-corrected chi connectivity index (χ1v) is 11.2. The molecule has 1 amide bonds. The summed E-state index contributed by atoms with van der Waals surface area (Å²) < 4.78 is 25.8. The lowest BCUT2D eigenvalue weighted by Gasteiger charge is -2.22. The second kappa shape index (κ2) is 9.37. The molecule has 0 saturated heterocycles. The molecule has 0 aliphatic rings. The van der Waals surface area contributed by atoms with Gasteiger partial charge in [-0.3, -0.25) is 9.10 Å². The van der Waals surface area contributed by atoms with Crippen LogP contribution in [-0.4, -0.2) is 26.8 Å². The molecule has 0 aliphatic carbocycles. The summed E-state index contributed by atoms with van der Waals surface area (Å²) in [5, 5.41) is 3.99. The van der Waals surface area contributed by atoms with Gasteiger partial charge in [0, 0.05) is 5.56 Å². The van der Waals surface area contributed by atoms with E-state index in [1.165, 1.54) is 10.6 Å². The molecular formula is C23H23N3O3S. The summed E-state index contributed by atoms with van der Waals surface area (Å²) in [4.78, 5) is 12.3. The van der Waals surface area contributed by atoms with Crippen molar-refractivity contribution >= 4 is 27.8 Å². The Morgan fingerprint density at radius 1 is 1.00 bits per heavy atom. The van der Waals surface area contributed by atoms with Crippen LogP contribution in [-0.2, 0) is 16.6 Å². The number of hydrazone groups is 1. The minimum absolute atomic E-state index is 0.177. The zero-order valence-corrected chi connectivity index (χ0v) is 17.6. The van der Waals surface area contributed by atoms with E-state index < -0.39 is 10.0 Å².